The lowest BCUT2D eigenvalue weighted by molar-refractivity contribution is 0.886. The number of rotatable bonds is 4. The molecule has 0 spiro atoms. The molecule has 0 radical (unpaired) electrons. The van der Waals surface area contributed by atoms with Gasteiger partial charge in [0.25, 0.3) is 5.78 Å². The van der Waals surface area contributed by atoms with Crippen LogP contribution < -0.4 is 0 Å². The topological polar surface area (TPSA) is 43.1 Å². The number of aromatic nitrogens is 4. The molecule has 0 N–H and O–H groups in total. The molecule has 4 aromatic rings. The molecule has 0 amide bonds. The number of hydrogen-bond donors (Lipinski definition) is 0. The molecule has 2 heterocycles. The van der Waals surface area contributed by atoms with Gasteiger partial charge in [-0.25, -0.2) is 4.98 Å². The standard InChI is InChI=1S/C19H16N4S/c1-2-24-19-21-18-20-13-12-17(23(18)22-19)16-10-8-15(9-11-16)14-6-4-3-5-7-14/h3-13H,2H2,1H3. The Hall–Kier alpha value is -2.66. The molecule has 0 aliphatic heterocycles. The Morgan fingerprint density at radius 2 is 1.58 bits per heavy atom. The molecule has 0 aliphatic rings. The van der Waals surface area contributed by atoms with E-state index in [2.05, 4.69) is 70.5 Å². The summed E-state index contributed by atoms with van der Waals surface area (Å²) in [6.45, 7) is 2.09. The second-order valence-corrected chi connectivity index (χ2v) is 6.54. The Morgan fingerprint density at radius 3 is 2.33 bits per heavy atom. The molecule has 5 heteroatoms. The molecular formula is C19H16N4S. The number of fused-ring (bicyclic) bond motifs is 1. The third-order valence-corrected chi connectivity index (χ3v) is 4.50. The molecule has 0 saturated heterocycles. The monoisotopic (exact) mass is 332 g/mol. The van der Waals surface area contributed by atoms with E-state index in [-0.39, 0.29) is 0 Å². The predicted octanol–water partition coefficient (Wildman–Crippen LogP) is 4.57. The Labute approximate surface area is 144 Å². The summed E-state index contributed by atoms with van der Waals surface area (Å²) in [5, 5.41) is 5.33. The summed E-state index contributed by atoms with van der Waals surface area (Å²) in [4.78, 5) is 8.77. The van der Waals surface area contributed by atoms with Crippen LogP contribution in [-0.4, -0.2) is 25.3 Å². The van der Waals surface area contributed by atoms with E-state index >= 15 is 0 Å². The van der Waals surface area contributed by atoms with Crippen LogP contribution in [0.15, 0.2) is 72.0 Å². The van der Waals surface area contributed by atoms with Crippen LogP contribution in [0.2, 0.25) is 0 Å². The van der Waals surface area contributed by atoms with E-state index in [1.165, 1.54) is 11.1 Å². The van der Waals surface area contributed by atoms with Crippen LogP contribution >= 0.6 is 11.8 Å². The maximum Gasteiger partial charge on any atom is 0.253 e. The van der Waals surface area contributed by atoms with E-state index < -0.39 is 0 Å². The zero-order valence-electron chi connectivity index (χ0n) is 13.3. The first-order valence-electron chi connectivity index (χ1n) is 7.85. The smallest absolute Gasteiger partial charge is 0.220 e. The first kappa shape index (κ1) is 14.9. The molecule has 4 rings (SSSR count). The highest BCUT2D eigenvalue weighted by Crippen LogP contribution is 2.25. The van der Waals surface area contributed by atoms with Gasteiger partial charge in [-0.05, 0) is 22.9 Å². The van der Waals surface area contributed by atoms with Crippen LogP contribution in [0.3, 0.4) is 0 Å². The molecule has 0 atom stereocenters. The zero-order valence-corrected chi connectivity index (χ0v) is 14.1. The quantitative estimate of drug-likeness (QED) is 0.513. The fourth-order valence-corrected chi connectivity index (χ4v) is 3.19. The van der Waals surface area contributed by atoms with Crippen molar-refractivity contribution in [2.75, 3.05) is 5.75 Å². The highest BCUT2D eigenvalue weighted by Gasteiger charge is 2.10. The van der Waals surface area contributed by atoms with Gasteiger partial charge in [0.15, 0.2) is 0 Å². The first-order chi connectivity index (χ1) is 11.8. The average molecular weight is 332 g/mol. The summed E-state index contributed by atoms with van der Waals surface area (Å²) in [5.41, 5.74) is 4.51. The lowest BCUT2D eigenvalue weighted by Gasteiger charge is -2.06. The Balaban J connectivity index is 1.75. The number of hydrogen-bond acceptors (Lipinski definition) is 4. The summed E-state index contributed by atoms with van der Waals surface area (Å²) in [6, 6.07) is 20.8. The lowest BCUT2D eigenvalue weighted by Crippen LogP contribution is -1.95. The van der Waals surface area contributed by atoms with E-state index in [0.717, 1.165) is 22.2 Å². The Kier molecular flexibility index (Phi) is 4.01. The second kappa shape index (κ2) is 6.45. The zero-order chi connectivity index (χ0) is 16.4. The third-order valence-electron chi connectivity index (χ3n) is 3.78. The highest BCUT2D eigenvalue weighted by atomic mass is 32.2. The van der Waals surface area contributed by atoms with Crippen LogP contribution in [0.1, 0.15) is 6.92 Å². The fraction of sp³-hybridized carbons (Fsp3) is 0.105. The van der Waals surface area contributed by atoms with E-state index in [1.807, 2.05) is 16.6 Å². The van der Waals surface area contributed by atoms with Gasteiger partial charge in [-0.2, -0.15) is 9.50 Å². The third kappa shape index (κ3) is 2.78. The minimum Gasteiger partial charge on any atom is -0.220 e. The second-order valence-electron chi connectivity index (χ2n) is 5.31. The van der Waals surface area contributed by atoms with Gasteiger partial charge in [0.2, 0.25) is 5.16 Å². The first-order valence-corrected chi connectivity index (χ1v) is 8.84. The van der Waals surface area contributed by atoms with Crippen molar-refractivity contribution in [1.82, 2.24) is 19.6 Å². The van der Waals surface area contributed by atoms with Crippen molar-refractivity contribution in [3.8, 4) is 22.4 Å². The predicted molar refractivity (Wildman–Crippen MR) is 98.1 cm³/mol. The highest BCUT2D eigenvalue weighted by molar-refractivity contribution is 7.99. The SMILES string of the molecule is CCSc1nc2nccc(-c3ccc(-c4ccccc4)cc3)n2n1. The summed E-state index contributed by atoms with van der Waals surface area (Å²) in [5.74, 6) is 1.58. The maximum absolute atomic E-state index is 4.57. The summed E-state index contributed by atoms with van der Waals surface area (Å²) in [6.07, 6.45) is 1.78. The minimum atomic E-state index is 0.635. The average Bonchev–Trinajstić information content (AvgIpc) is 3.05. The molecule has 118 valence electrons. The van der Waals surface area contributed by atoms with Gasteiger partial charge in [0.1, 0.15) is 0 Å². The van der Waals surface area contributed by atoms with Crippen LogP contribution in [0.5, 0.6) is 0 Å². The van der Waals surface area contributed by atoms with Crippen molar-refractivity contribution in [1.29, 1.82) is 0 Å². The number of thioether (sulfide) groups is 1. The molecule has 0 unspecified atom stereocenters. The lowest BCUT2D eigenvalue weighted by atomic mass is 10.0. The van der Waals surface area contributed by atoms with Crippen molar-refractivity contribution in [3.63, 3.8) is 0 Å². The van der Waals surface area contributed by atoms with Gasteiger partial charge in [-0.3, -0.25) is 0 Å². The minimum absolute atomic E-state index is 0.635. The van der Waals surface area contributed by atoms with E-state index in [1.54, 1.807) is 18.0 Å². The summed E-state index contributed by atoms with van der Waals surface area (Å²) < 4.78 is 1.81. The molecule has 0 aliphatic carbocycles. The van der Waals surface area contributed by atoms with Crippen molar-refractivity contribution >= 4 is 17.5 Å². The molecule has 24 heavy (non-hydrogen) atoms. The fourth-order valence-electron chi connectivity index (χ4n) is 2.65. The van der Waals surface area contributed by atoms with Crippen molar-refractivity contribution in [3.05, 3.63) is 66.9 Å². The van der Waals surface area contributed by atoms with Crippen molar-refractivity contribution in [2.24, 2.45) is 0 Å². The Bertz CT molecular complexity index is 962. The normalized spacial score (nSPS) is 11.0. The molecule has 0 fully saturated rings. The van der Waals surface area contributed by atoms with Crippen LogP contribution in [0.25, 0.3) is 28.2 Å². The van der Waals surface area contributed by atoms with Gasteiger partial charge >= 0.3 is 0 Å². The summed E-state index contributed by atoms with van der Waals surface area (Å²) >= 11 is 1.62. The van der Waals surface area contributed by atoms with Crippen LogP contribution in [0, 0.1) is 0 Å². The van der Waals surface area contributed by atoms with Gasteiger partial charge in [-0.15, -0.1) is 5.10 Å². The molecular weight excluding hydrogens is 316 g/mol. The van der Waals surface area contributed by atoms with Crippen LogP contribution in [0.4, 0.5) is 0 Å². The summed E-state index contributed by atoms with van der Waals surface area (Å²) in [7, 11) is 0. The van der Waals surface area contributed by atoms with Gasteiger partial charge in [0.05, 0.1) is 5.69 Å². The molecule has 0 bridgehead atoms. The number of nitrogens with zero attached hydrogens (tertiary/aromatic N) is 4. The number of benzene rings is 2. The molecule has 2 aromatic carbocycles. The molecule has 2 aromatic heterocycles. The largest absolute Gasteiger partial charge is 0.253 e. The van der Waals surface area contributed by atoms with E-state index in [0.29, 0.717) is 5.78 Å². The maximum atomic E-state index is 4.57. The van der Waals surface area contributed by atoms with Crippen molar-refractivity contribution in [2.45, 2.75) is 12.1 Å². The van der Waals surface area contributed by atoms with Crippen molar-refractivity contribution < 1.29 is 0 Å². The van der Waals surface area contributed by atoms with Crippen LogP contribution in [-0.2, 0) is 0 Å². The van der Waals surface area contributed by atoms with Gasteiger partial charge in [-0.1, -0.05) is 73.3 Å². The van der Waals surface area contributed by atoms with Gasteiger partial charge in [0, 0.05) is 11.8 Å². The molecule has 0 saturated carbocycles. The van der Waals surface area contributed by atoms with E-state index in [4.69, 9.17) is 0 Å². The van der Waals surface area contributed by atoms with Gasteiger partial charge < -0.3 is 0 Å². The Morgan fingerprint density at radius 1 is 0.875 bits per heavy atom. The molecule has 4 nitrogen and oxygen atoms in total. The van der Waals surface area contributed by atoms with E-state index in [9.17, 15) is 0 Å².